The summed E-state index contributed by atoms with van der Waals surface area (Å²) < 4.78 is 5.54. The molecule has 2 rings (SSSR count). The lowest BCUT2D eigenvalue weighted by molar-refractivity contribution is 0.363. The van der Waals surface area contributed by atoms with Crippen LogP contribution in [-0.4, -0.2) is 38.7 Å². The van der Waals surface area contributed by atoms with E-state index in [2.05, 4.69) is 67.6 Å². The molecular weight excluding hydrogens is 260 g/mol. The van der Waals surface area contributed by atoms with E-state index in [0.717, 1.165) is 25.3 Å². The van der Waals surface area contributed by atoms with Crippen LogP contribution in [-0.2, 0) is 6.54 Å². The second-order valence-corrected chi connectivity index (χ2v) is 5.84. The Kier molecular flexibility index (Phi) is 5.59. The summed E-state index contributed by atoms with van der Waals surface area (Å²) in [4.78, 5) is 2.22. The molecule has 0 saturated carbocycles. The van der Waals surface area contributed by atoms with E-state index in [1.54, 1.807) is 7.11 Å². The van der Waals surface area contributed by atoms with E-state index < -0.39 is 0 Å². The van der Waals surface area contributed by atoms with Crippen LogP contribution >= 0.6 is 0 Å². The van der Waals surface area contributed by atoms with E-state index in [-0.39, 0.29) is 0 Å². The van der Waals surface area contributed by atoms with Crippen molar-refractivity contribution in [3.63, 3.8) is 0 Å². The zero-order chi connectivity index (χ0) is 15.2. The van der Waals surface area contributed by atoms with Crippen LogP contribution in [0.4, 0.5) is 0 Å². The summed E-state index contributed by atoms with van der Waals surface area (Å²) in [7, 11) is 5.96. The number of nitrogens with zero attached hydrogens (tertiary/aromatic N) is 1. The quantitative estimate of drug-likeness (QED) is 0.845. The predicted octanol–water partition coefficient (Wildman–Crippen LogP) is 3.28. The van der Waals surface area contributed by atoms with Gasteiger partial charge in [-0.05, 0) is 50.8 Å². The van der Waals surface area contributed by atoms with Gasteiger partial charge in [0, 0.05) is 18.2 Å². The lowest BCUT2D eigenvalue weighted by Gasteiger charge is -2.18. The maximum absolute atomic E-state index is 5.54. The summed E-state index contributed by atoms with van der Waals surface area (Å²) in [5, 5.41) is 6.14. The highest BCUT2D eigenvalue weighted by molar-refractivity contribution is 5.87. The van der Waals surface area contributed by atoms with Gasteiger partial charge in [-0.1, -0.05) is 30.3 Å². The molecule has 0 amide bonds. The van der Waals surface area contributed by atoms with Crippen LogP contribution in [0.2, 0.25) is 0 Å². The van der Waals surface area contributed by atoms with E-state index in [1.165, 1.54) is 16.3 Å². The van der Waals surface area contributed by atoms with Gasteiger partial charge in [0.15, 0.2) is 0 Å². The summed E-state index contributed by atoms with van der Waals surface area (Å²) in [5.41, 5.74) is 1.24. The summed E-state index contributed by atoms with van der Waals surface area (Å²) in [6.07, 6.45) is 1.14. The molecule has 0 aliphatic heterocycles. The Bertz CT molecular complexity index is 580. The molecule has 1 unspecified atom stereocenters. The van der Waals surface area contributed by atoms with Gasteiger partial charge >= 0.3 is 0 Å². The van der Waals surface area contributed by atoms with E-state index in [1.807, 2.05) is 0 Å². The summed E-state index contributed by atoms with van der Waals surface area (Å²) in [6, 6.07) is 13.1. The van der Waals surface area contributed by atoms with Crippen LogP contribution in [0.3, 0.4) is 0 Å². The topological polar surface area (TPSA) is 24.5 Å². The number of hydrogen-bond donors (Lipinski definition) is 1. The zero-order valence-electron chi connectivity index (χ0n) is 13.5. The predicted molar refractivity (Wildman–Crippen MR) is 90.0 cm³/mol. The van der Waals surface area contributed by atoms with Crippen molar-refractivity contribution in [2.75, 3.05) is 27.7 Å². The summed E-state index contributed by atoms with van der Waals surface area (Å²) in [5.74, 6) is 0.959. The molecule has 21 heavy (non-hydrogen) atoms. The molecule has 2 aromatic rings. The van der Waals surface area contributed by atoms with E-state index in [4.69, 9.17) is 4.74 Å². The molecule has 3 heteroatoms. The van der Waals surface area contributed by atoms with Crippen molar-refractivity contribution >= 4 is 10.8 Å². The molecule has 0 spiro atoms. The third-order valence-corrected chi connectivity index (χ3v) is 3.85. The first kappa shape index (κ1) is 15.8. The monoisotopic (exact) mass is 286 g/mol. The van der Waals surface area contributed by atoms with Gasteiger partial charge in [0.05, 0.1) is 7.11 Å². The van der Waals surface area contributed by atoms with Gasteiger partial charge in [0.2, 0.25) is 0 Å². The van der Waals surface area contributed by atoms with Gasteiger partial charge < -0.3 is 15.0 Å². The number of hydrogen-bond acceptors (Lipinski definition) is 3. The summed E-state index contributed by atoms with van der Waals surface area (Å²) in [6.45, 7) is 4.17. The Morgan fingerprint density at radius 3 is 2.62 bits per heavy atom. The van der Waals surface area contributed by atoms with Crippen LogP contribution in [0.15, 0.2) is 36.4 Å². The van der Waals surface area contributed by atoms with Crippen molar-refractivity contribution in [2.45, 2.75) is 25.9 Å². The van der Waals surface area contributed by atoms with Crippen LogP contribution in [0, 0.1) is 0 Å². The van der Waals surface area contributed by atoms with Gasteiger partial charge in [-0.2, -0.15) is 0 Å². The van der Waals surface area contributed by atoms with Crippen LogP contribution in [0.1, 0.15) is 18.9 Å². The Labute approximate surface area is 127 Å². The molecule has 0 saturated heterocycles. The van der Waals surface area contributed by atoms with E-state index in [9.17, 15) is 0 Å². The second-order valence-electron chi connectivity index (χ2n) is 5.84. The number of nitrogens with one attached hydrogen (secondary N) is 1. The third kappa shape index (κ3) is 4.19. The van der Waals surface area contributed by atoms with Crippen LogP contribution < -0.4 is 10.1 Å². The molecule has 0 fully saturated rings. The van der Waals surface area contributed by atoms with Gasteiger partial charge in [-0.25, -0.2) is 0 Å². The smallest absolute Gasteiger partial charge is 0.123 e. The summed E-state index contributed by atoms with van der Waals surface area (Å²) >= 11 is 0. The number of rotatable bonds is 7. The minimum Gasteiger partial charge on any atom is -0.496 e. The maximum atomic E-state index is 5.54. The number of benzene rings is 2. The molecule has 2 aromatic carbocycles. The molecule has 0 radical (unpaired) electrons. The fourth-order valence-corrected chi connectivity index (χ4v) is 2.52. The first-order valence-electron chi connectivity index (χ1n) is 7.54. The standard InChI is InChI=1S/C18H26N2O/c1-14(11-12-20(2)3)19-13-17-16-8-6-5-7-15(16)9-10-18(17)21-4/h5-10,14,19H,11-13H2,1-4H3. The van der Waals surface area contributed by atoms with E-state index in [0.29, 0.717) is 6.04 Å². The van der Waals surface area contributed by atoms with Crippen molar-refractivity contribution in [3.05, 3.63) is 42.0 Å². The molecule has 1 atom stereocenters. The highest BCUT2D eigenvalue weighted by Gasteiger charge is 2.09. The molecule has 0 heterocycles. The molecular formula is C18H26N2O. The van der Waals surface area contributed by atoms with Gasteiger partial charge in [-0.3, -0.25) is 0 Å². The maximum Gasteiger partial charge on any atom is 0.123 e. The Balaban J connectivity index is 2.13. The minimum atomic E-state index is 0.482. The Morgan fingerprint density at radius 1 is 1.14 bits per heavy atom. The highest BCUT2D eigenvalue weighted by Crippen LogP contribution is 2.27. The van der Waals surface area contributed by atoms with Gasteiger partial charge in [-0.15, -0.1) is 0 Å². The van der Waals surface area contributed by atoms with Crippen LogP contribution in [0.5, 0.6) is 5.75 Å². The molecule has 3 nitrogen and oxygen atoms in total. The average molecular weight is 286 g/mol. The van der Waals surface area contributed by atoms with Crippen LogP contribution in [0.25, 0.3) is 10.8 Å². The SMILES string of the molecule is COc1ccc2ccccc2c1CNC(C)CCN(C)C. The third-order valence-electron chi connectivity index (χ3n) is 3.85. The first-order chi connectivity index (χ1) is 10.1. The number of ether oxygens (including phenoxy) is 1. The average Bonchev–Trinajstić information content (AvgIpc) is 2.50. The molecule has 0 aliphatic rings. The molecule has 0 aliphatic carbocycles. The van der Waals surface area contributed by atoms with Crippen molar-refractivity contribution in [1.82, 2.24) is 10.2 Å². The van der Waals surface area contributed by atoms with Crippen molar-refractivity contribution < 1.29 is 4.74 Å². The molecule has 1 N–H and O–H groups in total. The van der Waals surface area contributed by atoms with Gasteiger partial charge in [0.25, 0.3) is 0 Å². The lowest BCUT2D eigenvalue weighted by atomic mass is 10.0. The van der Waals surface area contributed by atoms with Crippen molar-refractivity contribution in [1.29, 1.82) is 0 Å². The van der Waals surface area contributed by atoms with Crippen molar-refractivity contribution in [3.8, 4) is 5.75 Å². The number of methoxy groups -OCH3 is 1. The second kappa shape index (κ2) is 7.43. The zero-order valence-corrected chi connectivity index (χ0v) is 13.5. The molecule has 0 aromatic heterocycles. The van der Waals surface area contributed by atoms with Gasteiger partial charge in [0.1, 0.15) is 5.75 Å². The normalized spacial score (nSPS) is 12.8. The minimum absolute atomic E-state index is 0.482. The molecule has 0 bridgehead atoms. The highest BCUT2D eigenvalue weighted by atomic mass is 16.5. The fourth-order valence-electron chi connectivity index (χ4n) is 2.52. The molecule has 114 valence electrons. The Morgan fingerprint density at radius 2 is 1.90 bits per heavy atom. The first-order valence-corrected chi connectivity index (χ1v) is 7.54. The van der Waals surface area contributed by atoms with Crippen molar-refractivity contribution in [2.24, 2.45) is 0 Å². The fraction of sp³-hybridized carbons (Fsp3) is 0.444. The van der Waals surface area contributed by atoms with E-state index >= 15 is 0 Å². The lowest BCUT2D eigenvalue weighted by Crippen LogP contribution is -2.29. The Hall–Kier alpha value is -1.58. The largest absolute Gasteiger partial charge is 0.496 e. The number of fused-ring (bicyclic) bond motifs is 1.